The summed E-state index contributed by atoms with van der Waals surface area (Å²) in [7, 11) is 0. The summed E-state index contributed by atoms with van der Waals surface area (Å²) in [6.45, 7) is 4.02. The van der Waals surface area contributed by atoms with Crippen LogP contribution in [0.5, 0.6) is 0 Å². The van der Waals surface area contributed by atoms with Gasteiger partial charge in [0.05, 0.1) is 6.10 Å². The molecule has 0 spiro atoms. The molecule has 1 N–H and O–H groups in total. The third kappa shape index (κ3) is 8.31. The maximum absolute atomic E-state index is 8.83. The van der Waals surface area contributed by atoms with E-state index in [1.54, 1.807) is 0 Å². The molecule has 0 unspecified atom stereocenters. The number of hydrogen-bond acceptors (Lipinski definition) is 2. The molecule has 9 heavy (non-hydrogen) atoms. The third-order valence-electron chi connectivity index (χ3n) is 1.00. The molecule has 0 aliphatic carbocycles. The van der Waals surface area contributed by atoms with Gasteiger partial charge in [0.15, 0.2) is 0 Å². The molecule has 0 saturated carbocycles. The Kier molecular flexibility index (Phi) is 6.65. The van der Waals surface area contributed by atoms with Gasteiger partial charge in [0.2, 0.25) is 0 Å². The van der Waals surface area contributed by atoms with Gasteiger partial charge >= 0.3 is 0 Å². The molecule has 1 atom stereocenters. The Morgan fingerprint density at radius 2 is 2.22 bits per heavy atom. The average molecular weight is 148 g/mol. The van der Waals surface area contributed by atoms with Crippen LogP contribution in [-0.4, -0.2) is 22.7 Å². The molecule has 0 aromatic carbocycles. The first kappa shape index (κ1) is 9.31. The minimum atomic E-state index is -0.133. The van der Waals surface area contributed by atoms with Crippen LogP contribution in [0.3, 0.4) is 0 Å². The average Bonchev–Trinajstić information content (AvgIpc) is 1.80. The summed E-state index contributed by atoms with van der Waals surface area (Å²) in [5.41, 5.74) is 0. The van der Waals surface area contributed by atoms with Crippen molar-refractivity contribution in [2.45, 2.75) is 32.8 Å². The number of aliphatic hydroxyl groups excluding tert-OH is 1. The van der Waals surface area contributed by atoms with E-state index >= 15 is 0 Å². The minimum absolute atomic E-state index is 0.133. The highest BCUT2D eigenvalue weighted by Crippen LogP contribution is 2.05. The minimum Gasteiger partial charge on any atom is -0.393 e. The van der Waals surface area contributed by atoms with Crippen LogP contribution in [0.1, 0.15) is 26.7 Å². The van der Waals surface area contributed by atoms with E-state index in [0.29, 0.717) is 0 Å². The first-order chi connectivity index (χ1) is 4.27. The summed E-state index contributed by atoms with van der Waals surface area (Å²) in [6.07, 6.45) is 2.40. The zero-order valence-corrected chi connectivity index (χ0v) is 7.08. The lowest BCUT2D eigenvalue weighted by Gasteiger charge is -2.01. The molecule has 0 bridgehead atoms. The molecule has 0 amide bonds. The van der Waals surface area contributed by atoms with Crippen LogP contribution >= 0.6 is 11.8 Å². The lowest BCUT2D eigenvalue weighted by molar-refractivity contribution is 0.220. The van der Waals surface area contributed by atoms with Gasteiger partial charge in [0.1, 0.15) is 0 Å². The Bertz CT molecular complexity index is 54.9. The largest absolute Gasteiger partial charge is 0.393 e. The highest BCUT2D eigenvalue weighted by atomic mass is 32.2. The van der Waals surface area contributed by atoms with E-state index in [4.69, 9.17) is 5.11 Å². The molecular weight excluding hydrogens is 132 g/mol. The van der Waals surface area contributed by atoms with Crippen LogP contribution in [0.4, 0.5) is 0 Å². The fraction of sp³-hybridized carbons (Fsp3) is 1.00. The van der Waals surface area contributed by atoms with Crippen molar-refractivity contribution in [1.82, 2.24) is 0 Å². The molecule has 0 aromatic rings. The quantitative estimate of drug-likeness (QED) is 0.601. The Morgan fingerprint density at radius 3 is 2.67 bits per heavy atom. The highest BCUT2D eigenvalue weighted by Gasteiger charge is 1.93. The number of aliphatic hydroxyl groups is 1. The van der Waals surface area contributed by atoms with Crippen molar-refractivity contribution in [2.75, 3.05) is 11.5 Å². The smallest absolute Gasteiger partial charge is 0.0602 e. The summed E-state index contributed by atoms with van der Waals surface area (Å²) in [5.74, 6) is 2.08. The van der Waals surface area contributed by atoms with Crippen LogP contribution < -0.4 is 0 Å². The summed E-state index contributed by atoms with van der Waals surface area (Å²) < 4.78 is 0. The fourth-order valence-corrected chi connectivity index (χ4v) is 1.50. The van der Waals surface area contributed by atoms with Crippen LogP contribution in [0.15, 0.2) is 0 Å². The summed E-state index contributed by atoms with van der Waals surface area (Å²) in [4.78, 5) is 0. The maximum Gasteiger partial charge on any atom is 0.0602 e. The second-order valence-electron chi connectivity index (χ2n) is 2.28. The van der Waals surface area contributed by atoms with E-state index < -0.39 is 0 Å². The predicted octanol–water partition coefficient (Wildman–Crippen LogP) is 1.90. The van der Waals surface area contributed by atoms with Crippen molar-refractivity contribution in [2.24, 2.45) is 0 Å². The topological polar surface area (TPSA) is 20.2 Å². The summed E-state index contributed by atoms with van der Waals surface area (Å²) in [5, 5.41) is 8.83. The number of rotatable bonds is 5. The SMILES string of the molecule is CCCCSC[C@H](C)O. The molecule has 0 aliphatic heterocycles. The number of unbranched alkanes of at least 4 members (excludes halogenated alkanes) is 1. The highest BCUT2D eigenvalue weighted by molar-refractivity contribution is 7.99. The molecule has 1 nitrogen and oxygen atoms in total. The Hall–Kier alpha value is 0.310. The van der Waals surface area contributed by atoms with Crippen molar-refractivity contribution in [3.8, 4) is 0 Å². The van der Waals surface area contributed by atoms with Crippen LogP contribution in [0.25, 0.3) is 0 Å². The van der Waals surface area contributed by atoms with Gasteiger partial charge in [-0.1, -0.05) is 13.3 Å². The van der Waals surface area contributed by atoms with Gasteiger partial charge in [-0.05, 0) is 19.1 Å². The van der Waals surface area contributed by atoms with E-state index in [0.717, 1.165) is 5.75 Å². The van der Waals surface area contributed by atoms with Gasteiger partial charge in [-0.15, -0.1) is 0 Å². The van der Waals surface area contributed by atoms with Crippen molar-refractivity contribution < 1.29 is 5.11 Å². The predicted molar refractivity (Wildman–Crippen MR) is 43.9 cm³/mol. The van der Waals surface area contributed by atoms with Crippen molar-refractivity contribution in [3.63, 3.8) is 0 Å². The van der Waals surface area contributed by atoms with E-state index in [1.165, 1.54) is 18.6 Å². The zero-order valence-electron chi connectivity index (χ0n) is 6.26. The summed E-state index contributed by atoms with van der Waals surface area (Å²) in [6, 6.07) is 0. The van der Waals surface area contributed by atoms with Crippen LogP contribution in [-0.2, 0) is 0 Å². The number of hydrogen-bond donors (Lipinski definition) is 1. The molecule has 0 radical (unpaired) electrons. The normalized spacial score (nSPS) is 13.7. The standard InChI is InChI=1S/C7H16OS/c1-3-4-5-9-6-7(2)8/h7-8H,3-6H2,1-2H3/t7-/m0/s1. The Balaban J connectivity index is 2.75. The van der Waals surface area contributed by atoms with Gasteiger partial charge in [-0.2, -0.15) is 11.8 Å². The first-order valence-electron chi connectivity index (χ1n) is 3.53. The Labute approximate surface area is 61.8 Å². The fourth-order valence-electron chi connectivity index (χ4n) is 0.500. The molecule has 2 heteroatoms. The number of thioether (sulfide) groups is 1. The second-order valence-corrected chi connectivity index (χ2v) is 3.43. The van der Waals surface area contributed by atoms with Crippen LogP contribution in [0.2, 0.25) is 0 Å². The van der Waals surface area contributed by atoms with E-state index in [-0.39, 0.29) is 6.10 Å². The van der Waals surface area contributed by atoms with E-state index in [1.807, 2.05) is 18.7 Å². The summed E-state index contributed by atoms with van der Waals surface area (Å²) >= 11 is 1.84. The zero-order chi connectivity index (χ0) is 7.11. The van der Waals surface area contributed by atoms with Crippen molar-refractivity contribution >= 4 is 11.8 Å². The van der Waals surface area contributed by atoms with Gasteiger partial charge in [-0.25, -0.2) is 0 Å². The first-order valence-corrected chi connectivity index (χ1v) is 4.68. The molecule has 0 rings (SSSR count). The van der Waals surface area contributed by atoms with Crippen LogP contribution in [0, 0.1) is 0 Å². The Morgan fingerprint density at radius 1 is 1.56 bits per heavy atom. The molecule has 0 saturated heterocycles. The molecule has 0 aliphatic rings. The molecule has 0 heterocycles. The maximum atomic E-state index is 8.83. The lowest BCUT2D eigenvalue weighted by Crippen LogP contribution is -2.02. The van der Waals surface area contributed by atoms with E-state index in [2.05, 4.69) is 6.92 Å². The van der Waals surface area contributed by atoms with Gasteiger partial charge in [-0.3, -0.25) is 0 Å². The molecule has 0 fully saturated rings. The van der Waals surface area contributed by atoms with Gasteiger partial charge in [0.25, 0.3) is 0 Å². The second kappa shape index (κ2) is 6.43. The van der Waals surface area contributed by atoms with Crippen molar-refractivity contribution in [3.05, 3.63) is 0 Å². The lowest BCUT2D eigenvalue weighted by atomic mass is 10.4. The van der Waals surface area contributed by atoms with Gasteiger partial charge in [0, 0.05) is 5.75 Å². The molecule has 0 aromatic heterocycles. The monoisotopic (exact) mass is 148 g/mol. The van der Waals surface area contributed by atoms with Crippen molar-refractivity contribution in [1.29, 1.82) is 0 Å². The molecule has 56 valence electrons. The van der Waals surface area contributed by atoms with Gasteiger partial charge < -0.3 is 5.11 Å². The van der Waals surface area contributed by atoms with E-state index in [9.17, 15) is 0 Å². The third-order valence-corrected chi connectivity index (χ3v) is 2.30. The molecular formula is C7H16OS.